The van der Waals surface area contributed by atoms with Crippen molar-refractivity contribution in [3.8, 4) is 0 Å². The minimum atomic E-state index is -0.262. The molecule has 3 rings (SSSR count). The van der Waals surface area contributed by atoms with E-state index in [0.29, 0.717) is 5.92 Å². The fourth-order valence-electron chi connectivity index (χ4n) is 4.54. The molecule has 0 aliphatic heterocycles. The average molecular weight is 236 g/mol. The van der Waals surface area contributed by atoms with Crippen LogP contribution in [0.25, 0.3) is 0 Å². The molecule has 1 N–H and O–H groups in total. The molecule has 17 heavy (non-hydrogen) atoms. The summed E-state index contributed by atoms with van der Waals surface area (Å²) in [5, 5.41) is 11.1. The van der Waals surface area contributed by atoms with E-state index < -0.39 is 0 Å². The lowest BCUT2D eigenvalue weighted by molar-refractivity contribution is -0.0863. The van der Waals surface area contributed by atoms with E-state index in [-0.39, 0.29) is 5.60 Å². The van der Waals surface area contributed by atoms with E-state index in [4.69, 9.17) is 0 Å². The molecule has 3 saturated carbocycles. The average Bonchev–Trinajstić information content (AvgIpc) is 3.14. The zero-order valence-corrected chi connectivity index (χ0v) is 11.2. The fraction of sp³-hybridized carbons (Fsp3) is 1.00. The van der Waals surface area contributed by atoms with Crippen molar-refractivity contribution >= 4 is 0 Å². The van der Waals surface area contributed by atoms with Crippen molar-refractivity contribution in [3.05, 3.63) is 0 Å². The van der Waals surface area contributed by atoms with Crippen LogP contribution in [0.1, 0.15) is 77.0 Å². The summed E-state index contributed by atoms with van der Waals surface area (Å²) in [7, 11) is 0. The summed E-state index contributed by atoms with van der Waals surface area (Å²) in [6.45, 7) is 0. The second kappa shape index (κ2) is 4.91. The van der Waals surface area contributed by atoms with Gasteiger partial charge in [0.05, 0.1) is 5.60 Å². The Morgan fingerprint density at radius 2 is 1.53 bits per heavy atom. The summed E-state index contributed by atoms with van der Waals surface area (Å²) < 4.78 is 0. The fourth-order valence-corrected chi connectivity index (χ4v) is 4.54. The number of aliphatic hydroxyl groups is 1. The summed E-state index contributed by atoms with van der Waals surface area (Å²) in [6.07, 6.45) is 16.0. The lowest BCUT2D eigenvalue weighted by atomic mass is 9.64. The summed E-state index contributed by atoms with van der Waals surface area (Å²) >= 11 is 0. The normalized spacial score (nSPS) is 40.4. The molecule has 0 heterocycles. The maximum Gasteiger partial charge on any atom is 0.0681 e. The van der Waals surface area contributed by atoms with Crippen molar-refractivity contribution < 1.29 is 5.11 Å². The zero-order valence-electron chi connectivity index (χ0n) is 11.2. The Balaban J connectivity index is 1.68. The lowest BCUT2D eigenvalue weighted by Gasteiger charge is -2.45. The van der Waals surface area contributed by atoms with E-state index in [2.05, 4.69) is 0 Å². The van der Waals surface area contributed by atoms with E-state index in [1.807, 2.05) is 0 Å². The van der Waals surface area contributed by atoms with Crippen molar-refractivity contribution in [2.24, 2.45) is 17.8 Å². The van der Waals surface area contributed by atoms with Gasteiger partial charge in [-0.05, 0) is 37.0 Å². The maximum absolute atomic E-state index is 11.1. The minimum absolute atomic E-state index is 0.262. The van der Waals surface area contributed by atoms with Crippen LogP contribution >= 0.6 is 0 Å². The van der Waals surface area contributed by atoms with Gasteiger partial charge in [0.2, 0.25) is 0 Å². The largest absolute Gasteiger partial charge is 0.390 e. The smallest absolute Gasteiger partial charge is 0.0681 e. The van der Waals surface area contributed by atoms with Gasteiger partial charge in [-0.15, -0.1) is 0 Å². The highest BCUT2D eigenvalue weighted by Gasteiger charge is 2.45. The molecule has 3 fully saturated rings. The molecule has 0 aromatic rings. The highest BCUT2D eigenvalue weighted by Crippen LogP contribution is 2.49. The second-order valence-electron chi connectivity index (χ2n) is 7.00. The molecule has 0 bridgehead atoms. The van der Waals surface area contributed by atoms with E-state index in [0.717, 1.165) is 24.7 Å². The van der Waals surface area contributed by atoms with Crippen LogP contribution in [0, 0.1) is 17.8 Å². The van der Waals surface area contributed by atoms with Gasteiger partial charge in [-0.25, -0.2) is 0 Å². The Bertz CT molecular complexity index is 252. The van der Waals surface area contributed by atoms with E-state index in [1.54, 1.807) is 0 Å². The Kier molecular flexibility index (Phi) is 3.47. The van der Waals surface area contributed by atoms with Crippen molar-refractivity contribution in [2.45, 2.75) is 82.7 Å². The summed E-state index contributed by atoms with van der Waals surface area (Å²) in [6, 6.07) is 0. The van der Waals surface area contributed by atoms with Crippen LogP contribution in [-0.2, 0) is 0 Å². The summed E-state index contributed by atoms with van der Waals surface area (Å²) in [5.74, 6) is 2.38. The van der Waals surface area contributed by atoms with Gasteiger partial charge >= 0.3 is 0 Å². The van der Waals surface area contributed by atoms with Crippen LogP contribution in [0.5, 0.6) is 0 Å². The molecule has 1 nitrogen and oxygen atoms in total. The minimum Gasteiger partial charge on any atom is -0.390 e. The first kappa shape index (κ1) is 12.0. The molecule has 98 valence electrons. The van der Waals surface area contributed by atoms with E-state index >= 15 is 0 Å². The molecule has 2 unspecified atom stereocenters. The van der Waals surface area contributed by atoms with Crippen LogP contribution in [0.15, 0.2) is 0 Å². The predicted octanol–water partition coefficient (Wildman–Crippen LogP) is 4.29. The third-order valence-electron chi connectivity index (χ3n) is 5.62. The van der Waals surface area contributed by atoms with E-state index in [1.165, 1.54) is 64.2 Å². The Hall–Kier alpha value is -0.0400. The first-order chi connectivity index (χ1) is 8.28. The molecule has 1 heteroatoms. The highest BCUT2D eigenvalue weighted by molar-refractivity contribution is 4.97. The topological polar surface area (TPSA) is 20.2 Å². The zero-order chi connectivity index (χ0) is 11.7. The van der Waals surface area contributed by atoms with Gasteiger partial charge in [0.1, 0.15) is 0 Å². The van der Waals surface area contributed by atoms with Gasteiger partial charge in [-0.3, -0.25) is 0 Å². The van der Waals surface area contributed by atoms with Crippen LogP contribution in [0.3, 0.4) is 0 Å². The summed E-state index contributed by atoms with van der Waals surface area (Å²) in [4.78, 5) is 0. The van der Waals surface area contributed by atoms with Gasteiger partial charge in [-0.2, -0.15) is 0 Å². The van der Waals surface area contributed by atoms with Crippen molar-refractivity contribution in [1.82, 2.24) is 0 Å². The standard InChI is InChI=1S/C16H28O/c17-16(12-13-9-10-13)11-5-4-8-15(16)14-6-2-1-3-7-14/h13-15,17H,1-12H2. The van der Waals surface area contributed by atoms with Crippen LogP contribution in [0.4, 0.5) is 0 Å². The quantitative estimate of drug-likeness (QED) is 0.775. The third kappa shape index (κ3) is 2.70. The van der Waals surface area contributed by atoms with Crippen LogP contribution < -0.4 is 0 Å². The predicted molar refractivity (Wildman–Crippen MR) is 70.8 cm³/mol. The third-order valence-corrected chi connectivity index (χ3v) is 5.62. The molecular weight excluding hydrogens is 208 g/mol. The van der Waals surface area contributed by atoms with Crippen molar-refractivity contribution in [3.63, 3.8) is 0 Å². The molecule has 3 aliphatic carbocycles. The van der Waals surface area contributed by atoms with Gasteiger partial charge < -0.3 is 5.11 Å². The molecule has 3 aliphatic rings. The first-order valence-corrected chi connectivity index (χ1v) is 8.00. The molecule has 0 radical (unpaired) electrons. The van der Waals surface area contributed by atoms with Crippen molar-refractivity contribution in [1.29, 1.82) is 0 Å². The molecule has 0 amide bonds. The molecular formula is C16H28O. The molecule has 0 saturated heterocycles. The molecule has 0 aromatic heterocycles. The number of hydrogen-bond acceptors (Lipinski definition) is 1. The van der Waals surface area contributed by atoms with Gasteiger partial charge in [0.15, 0.2) is 0 Å². The number of hydrogen-bond donors (Lipinski definition) is 1. The summed E-state index contributed by atoms with van der Waals surface area (Å²) in [5.41, 5.74) is -0.262. The SMILES string of the molecule is OC1(CC2CC2)CCCCC1C1CCCCC1. The van der Waals surface area contributed by atoms with Crippen LogP contribution in [-0.4, -0.2) is 10.7 Å². The highest BCUT2D eigenvalue weighted by atomic mass is 16.3. The second-order valence-corrected chi connectivity index (χ2v) is 7.00. The molecule has 2 atom stereocenters. The van der Waals surface area contributed by atoms with Gasteiger partial charge in [0.25, 0.3) is 0 Å². The Morgan fingerprint density at radius 1 is 0.824 bits per heavy atom. The number of rotatable bonds is 3. The van der Waals surface area contributed by atoms with Crippen LogP contribution in [0.2, 0.25) is 0 Å². The lowest BCUT2D eigenvalue weighted by Crippen LogP contribution is -2.45. The Labute approximate surface area is 106 Å². The van der Waals surface area contributed by atoms with Crippen molar-refractivity contribution in [2.75, 3.05) is 0 Å². The Morgan fingerprint density at radius 3 is 2.24 bits per heavy atom. The van der Waals surface area contributed by atoms with Gasteiger partial charge in [-0.1, -0.05) is 57.8 Å². The monoisotopic (exact) mass is 236 g/mol. The van der Waals surface area contributed by atoms with E-state index in [9.17, 15) is 5.11 Å². The molecule has 0 spiro atoms. The van der Waals surface area contributed by atoms with Gasteiger partial charge in [0, 0.05) is 0 Å². The molecule has 0 aromatic carbocycles. The first-order valence-electron chi connectivity index (χ1n) is 8.00. The maximum atomic E-state index is 11.1.